The fourth-order valence-corrected chi connectivity index (χ4v) is 3.23. The van der Waals surface area contributed by atoms with Gasteiger partial charge in [-0.25, -0.2) is 14.4 Å². The van der Waals surface area contributed by atoms with Gasteiger partial charge < -0.3 is 10.6 Å². The molecule has 0 fully saturated rings. The van der Waals surface area contributed by atoms with E-state index in [0.29, 0.717) is 41.9 Å². The number of fused-ring (bicyclic) bond motifs is 1. The van der Waals surface area contributed by atoms with Crippen molar-refractivity contribution in [2.45, 2.75) is 13.0 Å². The van der Waals surface area contributed by atoms with E-state index in [1.54, 1.807) is 6.07 Å². The molecule has 0 atom stereocenters. The molecule has 0 saturated heterocycles. The van der Waals surface area contributed by atoms with Crippen LogP contribution in [0.1, 0.15) is 21.6 Å². The molecule has 136 valence electrons. The van der Waals surface area contributed by atoms with Crippen LogP contribution in [0.25, 0.3) is 11.4 Å². The second-order valence-corrected chi connectivity index (χ2v) is 6.59. The fraction of sp³-hybridized carbons (Fsp3) is 0.150. The summed E-state index contributed by atoms with van der Waals surface area (Å²) >= 11 is 6.11. The quantitative estimate of drug-likeness (QED) is 0.719. The molecule has 0 spiro atoms. The highest BCUT2D eigenvalue weighted by Crippen LogP contribution is 2.26. The van der Waals surface area contributed by atoms with Gasteiger partial charge in [0.15, 0.2) is 5.82 Å². The van der Waals surface area contributed by atoms with Gasteiger partial charge in [0.05, 0.1) is 0 Å². The summed E-state index contributed by atoms with van der Waals surface area (Å²) in [6.45, 7) is 0.893. The Morgan fingerprint density at radius 3 is 2.74 bits per heavy atom. The van der Waals surface area contributed by atoms with Crippen LogP contribution in [0.4, 0.5) is 10.2 Å². The lowest BCUT2D eigenvalue weighted by atomic mass is 10.1. The van der Waals surface area contributed by atoms with Crippen LogP contribution in [0, 0.1) is 5.82 Å². The van der Waals surface area contributed by atoms with Gasteiger partial charge >= 0.3 is 0 Å². The number of nitrogens with one attached hydrogen (secondary N) is 2. The van der Waals surface area contributed by atoms with Gasteiger partial charge in [0.2, 0.25) is 0 Å². The molecule has 0 aliphatic carbocycles. The third-order valence-electron chi connectivity index (χ3n) is 4.38. The van der Waals surface area contributed by atoms with E-state index in [-0.39, 0.29) is 11.7 Å². The second-order valence-electron chi connectivity index (χ2n) is 6.18. The summed E-state index contributed by atoms with van der Waals surface area (Å²) in [5.41, 5.74) is 2.72. The van der Waals surface area contributed by atoms with Gasteiger partial charge in [0.25, 0.3) is 5.91 Å². The van der Waals surface area contributed by atoms with Gasteiger partial charge in [-0.15, -0.1) is 0 Å². The summed E-state index contributed by atoms with van der Waals surface area (Å²) in [6, 6.07) is 13.7. The van der Waals surface area contributed by atoms with E-state index >= 15 is 0 Å². The number of rotatable bonds is 4. The van der Waals surface area contributed by atoms with E-state index in [0.717, 1.165) is 16.7 Å². The Labute approximate surface area is 160 Å². The third kappa shape index (κ3) is 3.61. The maximum Gasteiger partial charge on any atom is 0.270 e. The molecule has 1 amide bonds. The molecule has 2 heterocycles. The number of carbonyl (C=O) groups is 1. The molecule has 3 aromatic rings. The van der Waals surface area contributed by atoms with Crippen molar-refractivity contribution in [3.8, 4) is 11.4 Å². The predicted octanol–water partition coefficient (Wildman–Crippen LogP) is 3.83. The molecule has 1 aliphatic heterocycles. The Balaban J connectivity index is 1.72. The van der Waals surface area contributed by atoms with E-state index < -0.39 is 0 Å². The van der Waals surface area contributed by atoms with Gasteiger partial charge in [0.1, 0.15) is 17.3 Å². The number of aromatic nitrogens is 2. The van der Waals surface area contributed by atoms with E-state index in [9.17, 15) is 9.18 Å². The van der Waals surface area contributed by atoms with E-state index in [1.807, 2.05) is 30.3 Å². The van der Waals surface area contributed by atoms with Gasteiger partial charge in [-0.05, 0) is 24.1 Å². The Morgan fingerprint density at radius 1 is 1.15 bits per heavy atom. The van der Waals surface area contributed by atoms with Gasteiger partial charge in [0, 0.05) is 29.2 Å². The minimum atomic E-state index is -0.383. The van der Waals surface area contributed by atoms with Crippen LogP contribution in [-0.2, 0) is 13.0 Å². The van der Waals surface area contributed by atoms with Crippen molar-refractivity contribution in [3.63, 3.8) is 0 Å². The van der Waals surface area contributed by atoms with Gasteiger partial charge in [-0.2, -0.15) is 0 Å². The summed E-state index contributed by atoms with van der Waals surface area (Å²) in [5, 5.41) is 6.39. The predicted molar refractivity (Wildman–Crippen MR) is 102 cm³/mol. The van der Waals surface area contributed by atoms with Crippen LogP contribution in [0.3, 0.4) is 0 Å². The van der Waals surface area contributed by atoms with Crippen molar-refractivity contribution in [2.24, 2.45) is 0 Å². The molecule has 0 unspecified atom stereocenters. The lowest BCUT2D eigenvalue weighted by Gasteiger charge is -2.20. The minimum absolute atomic E-state index is 0.210. The Kier molecular flexibility index (Phi) is 4.73. The molecule has 7 heteroatoms. The average molecular weight is 383 g/mol. The van der Waals surface area contributed by atoms with Crippen LogP contribution in [-0.4, -0.2) is 22.4 Å². The number of benzene rings is 2. The number of hydrogen-bond acceptors (Lipinski definition) is 4. The standard InChI is InChI=1S/C20H16ClFN4O/c21-16-10-14(22)7-6-13(16)11-24-19-15-8-9-23-20(27)17(15)25-18(26-19)12-4-2-1-3-5-12/h1-7,10H,8-9,11H2,(H,23,27)(H,24,25,26). The molecule has 5 nitrogen and oxygen atoms in total. The summed E-state index contributed by atoms with van der Waals surface area (Å²) < 4.78 is 13.2. The normalized spacial score (nSPS) is 13.0. The first-order valence-corrected chi connectivity index (χ1v) is 8.92. The first-order valence-electron chi connectivity index (χ1n) is 8.54. The zero-order valence-electron chi connectivity index (χ0n) is 14.3. The topological polar surface area (TPSA) is 66.9 Å². The van der Waals surface area contributed by atoms with Crippen LogP contribution in [0.2, 0.25) is 5.02 Å². The van der Waals surface area contributed by atoms with Crippen molar-refractivity contribution in [1.29, 1.82) is 0 Å². The zero-order valence-corrected chi connectivity index (χ0v) is 15.1. The average Bonchev–Trinajstić information content (AvgIpc) is 2.68. The van der Waals surface area contributed by atoms with Crippen molar-refractivity contribution < 1.29 is 9.18 Å². The highest BCUT2D eigenvalue weighted by molar-refractivity contribution is 6.31. The Hall–Kier alpha value is -2.99. The molecule has 27 heavy (non-hydrogen) atoms. The Morgan fingerprint density at radius 2 is 1.96 bits per heavy atom. The number of halogens is 2. The monoisotopic (exact) mass is 382 g/mol. The third-order valence-corrected chi connectivity index (χ3v) is 4.73. The van der Waals surface area contributed by atoms with E-state index in [1.165, 1.54) is 12.1 Å². The molecule has 2 aromatic carbocycles. The van der Waals surface area contributed by atoms with Crippen molar-refractivity contribution in [1.82, 2.24) is 15.3 Å². The summed E-state index contributed by atoms with van der Waals surface area (Å²) in [5.74, 6) is 0.470. The molecule has 4 rings (SSSR count). The summed E-state index contributed by atoms with van der Waals surface area (Å²) in [6.07, 6.45) is 0.635. The first-order chi connectivity index (χ1) is 13.1. The van der Waals surface area contributed by atoms with Crippen LogP contribution in [0.5, 0.6) is 0 Å². The van der Waals surface area contributed by atoms with Crippen LogP contribution in [0.15, 0.2) is 48.5 Å². The highest BCUT2D eigenvalue weighted by atomic mass is 35.5. The van der Waals surface area contributed by atoms with E-state index in [2.05, 4.69) is 20.6 Å². The first kappa shape index (κ1) is 17.4. The van der Waals surface area contributed by atoms with Gasteiger partial charge in [-0.1, -0.05) is 48.0 Å². The van der Waals surface area contributed by atoms with Gasteiger partial charge in [-0.3, -0.25) is 4.79 Å². The smallest absolute Gasteiger partial charge is 0.270 e. The minimum Gasteiger partial charge on any atom is -0.366 e. The molecular formula is C20H16ClFN4O. The van der Waals surface area contributed by atoms with E-state index in [4.69, 9.17) is 11.6 Å². The van der Waals surface area contributed by atoms with Crippen molar-refractivity contribution in [2.75, 3.05) is 11.9 Å². The molecular weight excluding hydrogens is 367 g/mol. The SMILES string of the molecule is O=C1NCCc2c(NCc3ccc(F)cc3Cl)nc(-c3ccccc3)nc21. The number of hydrogen-bond donors (Lipinski definition) is 2. The van der Waals surface area contributed by atoms with Crippen molar-refractivity contribution >= 4 is 23.3 Å². The molecule has 1 aromatic heterocycles. The summed E-state index contributed by atoms with van der Waals surface area (Å²) in [4.78, 5) is 21.4. The molecule has 1 aliphatic rings. The lowest BCUT2D eigenvalue weighted by molar-refractivity contribution is 0.0940. The molecule has 2 N–H and O–H groups in total. The molecule has 0 radical (unpaired) electrons. The number of nitrogens with zero attached hydrogens (tertiary/aromatic N) is 2. The Bertz CT molecular complexity index is 1010. The van der Waals surface area contributed by atoms with Crippen molar-refractivity contribution in [3.05, 3.63) is 76.2 Å². The second kappa shape index (κ2) is 7.32. The number of carbonyl (C=O) groups excluding carboxylic acids is 1. The number of anilines is 1. The number of amides is 1. The highest BCUT2D eigenvalue weighted by Gasteiger charge is 2.24. The zero-order chi connectivity index (χ0) is 18.8. The molecule has 0 saturated carbocycles. The molecule has 0 bridgehead atoms. The fourth-order valence-electron chi connectivity index (χ4n) is 3.00. The largest absolute Gasteiger partial charge is 0.366 e. The van der Waals surface area contributed by atoms with Crippen LogP contribution >= 0.6 is 11.6 Å². The summed E-state index contributed by atoms with van der Waals surface area (Å²) in [7, 11) is 0. The maximum absolute atomic E-state index is 13.2. The maximum atomic E-state index is 13.2. The lowest BCUT2D eigenvalue weighted by Crippen LogP contribution is -2.34. The van der Waals surface area contributed by atoms with Crippen LogP contribution < -0.4 is 10.6 Å².